The summed E-state index contributed by atoms with van der Waals surface area (Å²) < 4.78 is 19.5. The number of fused-ring (bicyclic) bond motifs is 1. The third-order valence-corrected chi connectivity index (χ3v) is 7.70. The lowest BCUT2D eigenvalue weighted by Crippen LogP contribution is -2.21. The molecule has 2 aromatic carbocycles. The summed E-state index contributed by atoms with van der Waals surface area (Å²) in [6.45, 7) is 3.29. The number of nitrogens with zero attached hydrogens (tertiary/aromatic N) is 2. The smallest absolute Gasteiger partial charge is 0.411 e. The van der Waals surface area contributed by atoms with Gasteiger partial charge in [0.2, 0.25) is 0 Å². The molecule has 1 saturated heterocycles. The Balaban J connectivity index is 1.31. The Labute approximate surface area is 210 Å². The number of benzene rings is 2. The summed E-state index contributed by atoms with van der Waals surface area (Å²) in [4.78, 5) is 12.3. The van der Waals surface area contributed by atoms with E-state index in [0.29, 0.717) is 29.8 Å². The largest absolute Gasteiger partial charge is 0.488 e. The van der Waals surface area contributed by atoms with Crippen molar-refractivity contribution >= 4 is 22.7 Å². The zero-order chi connectivity index (χ0) is 24.6. The molecule has 1 aromatic heterocycles. The number of carbonyl (C=O) groups is 1. The van der Waals surface area contributed by atoms with Crippen molar-refractivity contribution in [2.24, 2.45) is 5.92 Å². The number of amides is 1. The molecule has 6 rings (SSSR count). The number of carbonyl (C=O) groups excluding carboxylic acids is 1. The van der Waals surface area contributed by atoms with Gasteiger partial charge in [-0.05, 0) is 74.8 Å². The molecule has 2 heterocycles. The highest BCUT2D eigenvalue weighted by Gasteiger charge is 2.31. The van der Waals surface area contributed by atoms with Crippen LogP contribution in [-0.2, 0) is 9.47 Å². The summed E-state index contributed by atoms with van der Waals surface area (Å²) in [6, 6.07) is 16.5. The molecular weight excluding hydrogens is 454 g/mol. The molecule has 2 unspecified atom stereocenters. The third kappa shape index (κ3) is 4.42. The SMILES string of the molecule is CC(OC(=O)Nc1ccc(-c2c(C#N)c3ccc(OC4CCOC4)cc3n2C2CCC2)cc1)C1CC1. The van der Waals surface area contributed by atoms with Gasteiger partial charge in [-0.2, -0.15) is 5.26 Å². The van der Waals surface area contributed by atoms with Crippen LogP contribution in [0.25, 0.3) is 22.2 Å². The first-order chi connectivity index (χ1) is 17.6. The van der Waals surface area contributed by atoms with Gasteiger partial charge in [0.25, 0.3) is 0 Å². The topological polar surface area (TPSA) is 85.5 Å². The fourth-order valence-corrected chi connectivity index (χ4v) is 5.27. The number of ether oxygens (including phenoxy) is 3. The van der Waals surface area contributed by atoms with Gasteiger partial charge in [0.05, 0.1) is 30.0 Å². The van der Waals surface area contributed by atoms with E-state index in [1.165, 1.54) is 6.42 Å². The number of hydrogen-bond acceptors (Lipinski definition) is 5. The molecule has 3 fully saturated rings. The predicted octanol–water partition coefficient (Wildman–Crippen LogP) is 6.42. The molecule has 7 nitrogen and oxygen atoms in total. The van der Waals surface area contributed by atoms with E-state index in [4.69, 9.17) is 14.2 Å². The van der Waals surface area contributed by atoms with Crippen molar-refractivity contribution < 1.29 is 19.0 Å². The fraction of sp³-hybridized carbons (Fsp3) is 0.448. The molecule has 2 atom stereocenters. The first-order valence-corrected chi connectivity index (χ1v) is 13.0. The van der Waals surface area contributed by atoms with Gasteiger partial charge < -0.3 is 18.8 Å². The second kappa shape index (κ2) is 9.51. The maximum absolute atomic E-state index is 12.3. The van der Waals surface area contributed by atoms with E-state index in [-0.39, 0.29) is 12.2 Å². The molecule has 36 heavy (non-hydrogen) atoms. The van der Waals surface area contributed by atoms with Crippen LogP contribution in [0.2, 0.25) is 0 Å². The van der Waals surface area contributed by atoms with Gasteiger partial charge >= 0.3 is 6.09 Å². The van der Waals surface area contributed by atoms with Crippen molar-refractivity contribution in [1.29, 1.82) is 5.26 Å². The first kappa shape index (κ1) is 22.9. The third-order valence-electron chi connectivity index (χ3n) is 7.70. The van der Waals surface area contributed by atoms with Crippen LogP contribution in [0.1, 0.15) is 57.1 Å². The Morgan fingerprint density at radius 1 is 1.14 bits per heavy atom. The average Bonchev–Trinajstić information content (AvgIpc) is 3.50. The molecule has 0 bridgehead atoms. The number of rotatable bonds is 7. The van der Waals surface area contributed by atoms with E-state index < -0.39 is 6.09 Å². The Hall–Kier alpha value is -3.50. The van der Waals surface area contributed by atoms with Crippen LogP contribution in [0.5, 0.6) is 5.75 Å². The molecule has 186 valence electrons. The van der Waals surface area contributed by atoms with Crippen LogP contribution in [0.15, 0.2) is 42.5 Å². The minimum atomic E-state index is -0.427. The molecule has 0 spiro atoms. The quantitative estimate of drug-likeness (QED) is 0.417. The molecular formula is C29H31N3O4. The maximum atomic E-state index is 12.3. The minimum absolute atomic E-state index is 0.0595. The van der Waals surface area contributed by atoms with Crippen LogP contribution < -0.4 is 10.1 Å². The lowest BCUT2D eigenvalue weighted by Gasteiger charge is -2.30. The number of nitrogens with one attached hydrogen (secondary N) is 1. The van der Waals surface area contributed by atoms with Crippen LogP contribution >= 0.6 is 0 Å². The van der Waals surface area contributed by atoms with Crippen LogP contribution in [0.3, 0.4) is 0 Å². The predicted molar refractivity (Wildman–Crippen MR) is 137 cm³/mol. The average molecular weight is 486 g/mol. The van der Waals surface area contributed by atoms with Gasteiger partial charge in [-0.25, -0.2) is 4.79 Å². The minimum Gasteiger partial charge on any atom is -0.488 e. The summed E-state index contributed by atoms with van der Waals surface area (Å²) in [5, 5.41) is 14.0. The zero-order valence-corrected chi connectivity index (χ0v) is 20.5. The number of nitriles is 1. The second-order valence-corrected chi connectivity index (χ2v) is 10.2. The summed E-state index contributed by atoms with van der Waals surface area (Å²) in [7, 11) is 0. The molecule has 1 N–H and O–H groups in total. The normalized spacial score (nSPS) is 20.5. The van der Waals surface area contributed by atoms with Crippen LogP contribution in [0, 0.1) is 17.2 Å². The molecule has 3 aromatic rings. The highest BCUT2D eigenvalue weighted by molar-refractivity contribution is 5.96. The summed E-state index contributed by atoms with van der Waals surface area (Å²) in [6.07, 6.45) is 6.10. The van der Waals surface area contributed by atoms with E-state index in [1.54, 1.807) is 0 Å². The molecule has 1 aliphatic heterocycles. The van der Waals surface area contributed by atoms with E-state index in [1.807, 2.05) is 43.3 Å². The van der Waals surface area contributed by atoms with Gasteiger partial charge in [0, 0.05) is 29.6 Å². The molecule has 7 heteroatoms. The van der Waals surface area contributed by atoms with Crippen molar-refractivity contribution in [2.45, 2.75) is 63.7 Å². The Morgan fingerprint density at radius 2 is 1.94 bits per heavy atom. The van der Waals surface area contributed by atoms with Gasteiger partial charge in [0.15, 0.2) is 0 Å². The molecule has 1 amide bonds. The zero-order valence-electron chi connectivity index (χ0n) is 20.5. The van der Waals surface area contributed by atoms with E-state index in [0.717, 1.165) is 66.6 Å². The Morgan fingerprint density at radius 3 is 2.58 bits per heavy atom. The highest BCUT2D eigenvalue weighted by atomic mass is 16.6. The van der Waals surface area contributed by atoms with Crippen molar-refractivity contribution in [3.8, 4) is 23.1 Å². The van der Waals surface area contributed by atoms with Crippen molar-refractivity contribution in [3.63, 3.8) is 0 Å². The maximum Gasteiger partial charge on any atom is 0.411 e. The molecule has 0 radical (unpaired) electrons. The fourth-order valence-electron chi connectivity index (χ4n) is 5.27. The highest BCUT2D eigenvalue weighted by Crippen LogP contribution is 2.43. The van der Waals surface area contributed by atoms with Gasteiger partial charge in [0.1, 0.15) is 24.0 Å². The van der Waals surface area contributed by atoms with Crippen molar-refractivity contribution in [3.05, 3.63) is 48.0 Å². The van der Waals surface area contributed by atoms with Gasteiger partial charge in [-0.15, -0.1) is 0 Å². The molecule has 2 aliphatic carbocycles. The Bertz CT molecular complexity index is 1310. The lowest BCUT2D eigenvalue weighted by atomic mass is 9.92. The number of hydrogen-bond donors (Lipinski definition) is 1. The Kier molecular flexibility index (Phi) is 6.06. The summed E-state index contributed by atoms with van der Waals surface area (Å²) in [5.41, 5.74) is 4.25. The molecule has 2 saturated carbocycles. The number of anilines is 1. The molecule has 3 aliphatic rings. The standard InChI is InChI=1S/C29H31N3O4/c1-18(19-5-6-19)35-29(33)31-21-9-7-20(8-10-21)28-26(16-30)25-12-11-23(36-24-13-14-34-17-24)15-27(25)32(28)22-3-2-4-22/h7-12,15,18-19,22,24H,2-6,13-14,17H2,1H3,(H,31,33). The van der Waals surface area contributed by atoms with Crippen molar-refractivity contribution in [1.82, 2.24) is 4.57 Å². The van der Waals surface area contributed by atoms with Crippen molar-refractivity contribution in [2.75, 3.05) is 18.5 Å². The van der Waals surface area contributed by atoms with E-state index in [2.05, 4.69) is 22.0 Å². The summed E-state index contributed by atoms with van der Waals surface area (Å²) >= 11 is 0. The van der Waals surface area contributed by atoms with Gasteiger partial charge in [-0.3, -0.25) is 5.32 Å². The van der Waals surface area contributed by atoms with Gasteiger partial charge in [-0.1, -0.05) is 12.1 Å². The summed E-state index contributed by atoms with van der Waals surface area (Å²) in [5.74, 6) is 1.30. The van der Waals surface area contributed by atoms with Crippen LogP contribution in [-0.4, -0.2) is 36.1 Å². The van der Waals surface area contributed by atoms with E-state index >= 15 is 0 Å². The second-order valence-electron chi connectivity index (χ2n) is 10.2. The first-order valence-electron chi connectivity index (χ1n) is 13.0. The monoisotopic (exact) mass is 485 g/mol. The van der Waals surface area contributed by atoms with Crippen LogP contribution in [0.4, 0.5) is 10.5 Å². The number of aromatic nitrogens is 1. The van der Waals surface area contributed by atoms with E-state index in [9.17, 15) is 10.1 Å². The lowest BCUT2D eigenvalue weighted by molar-refractivity contribution is 0.108.